The number of carbonyl (C=O) groups excluding carboxylic acids is 1. The van der Waals surface area contributed by atoms with Gasteiger partial charge in [0, 0.05) is 24.3 Å². The smallest absolute Gasteiger partial charge is 0.255 e. The molecule has 0 aromatic heterocycles. The lowest BCUT2D eigenvalue weighted by atomic mass is 10.2. The van der Waals surface area contributed by atoms with Gasteiger partial charge < -0.3 is 10.1 Å². The molecule has 1 saturated heterocycles. The largest absolute Gasteiger partial charge is 0.379 e. The maximum atomic E-state index is 12.8. The maximum absolute atomic E-state index is 12.8. The van der Waals surface area contributed by atoms with Crippen LogP contribution in [0.4, 0.5) is 5.69 Å². The molecular weight excluding hydrogens is 376 g/mol. The Morgan fingerprint density at radius 3 is 2.42 bits per heavy atom. The van der Waals surface area contributed by atoms with Gasteiger partial charge in [-0.3, -0.25) is 4.79 Å². The van der Waals surface area contributed by atoms with Crippen molar-refractivity contribution >= 4 is 33.2 Å². The summed E-state index contributed by atoms with van der Waals surface area (Å²) in [6.07, 6.45) is 0. The number of anilines is 1. The summed E-state index contributed by atoms with van der Waals surface area (Å²) in [5, 5.41) is 2.84. The van der Waals surface area contributed by atoms with Crippen LogP contribution in [0.1, 0.15) is 15.9 Å². The normalized spacial score (nSPS) is 15.6. The van der Waals surface area contributed by atoms with E-state index in [1.807, 2.05) is 19.1 Å². The van der Waals surface area contributed by atoms with Crippen molar-refractivity contribution in [2.24, 2.45) is 0 Å². The summed E-state index contributed by atoms with van der Waals surface area (Å²) in [6.45, 7) is 3.15. The average Bonchev–Trinajstić information content (AvgIpc) is 2.64. The van der Waals surface area contributed by atoms with E-state index in [0.717, 1.165) is 5.56 Å². The van der Waals surface area contributed by atoms with Gasteiger partial charge in [-0.15, -0.1) is 0 Å². The molecule has 2 aromatic rings. The van der Waals surface area contributed by atoms with Crippen molar-refractivity contribution in [3.8, 4) is 0 Å². The molecule has 0 saturated carbocycles. The summed E-state index contributed by atoms with van der Waals surface area (Å²) in [4.78, 5) is 12.4. The highest BCUT2D eigenvalue weighted by Crippen LogP contribution is 2.27. The topological polar surface area (TPSA) is 75.7 Å². The van der Waals surface area contributed by atoms with Gasteiger partial charge in [0.2, 0.25) is 10.0 Å². The second kappa shape index (κ2) is 7.75. The molecule has 8 heteroatoms. The highest BCUT2D eigenvalue weighted by Gasteiger charge is 2.29. The number of sulfonamides is 1. The molecule has 1 aliphatic heterocycles. The highest BCUT2D eigenvalue weighted by atomic mass is 35.5. The van der Waals surface area contributed by atoms with Gasteiger partial charge in [0.1, 0.15) is 4.90 Å². The van der Waals surface area contributed by atoms with Crippen molar-refractivity contribution < 1.29 is 17.9 Å². The van der Waals surface area contributed by atoms with E-state index < -0.39 is 15.9 Å². The predicted molar refractivity (Wildman–Crippen MR) is 100 cm³/mol. The van der Waals surface area contributed by atoms with E-state index in [-0.39, 0.29) is 28.6 Å². The first kappa shape index (κ1) is 18.8. The Kier molecular flexibility index (Phi) is 5.62. The third-order valence-electron chi connectivity index (χ3n) is 4.09. The number of hydrogen-bond donors (Lipinski definition) is 1. The Morgan fingerprint density at radius 1 is 1.12 bits per heavy atom. The van der Waals surface area contributed by atoms with Crippen molar-refractivity contribution in [3.05, 3.63) is 58.6 Å². The first-order valence-electron chi connectivity index (χ1n) is 8.13. The fraction of sp³-hybridized carbons (Fsp3) is 0.278. The van der Waals surface area contributed by atoms with Crippen LogP contribution >= 0.6 is 11.6 Å². The van der Waals surface area contributed by atoms with Crippen LogP contribution in [0.15, 0.2) is 47.4 Å². The summed E-state index contributed by atoms with van der Waals surface area (Å²) in [6, 6.07) is 11.6. The van der Waals surface area contributed by atoms with Crippen molar-refractivity contribution in [2.45, 2.75) is 11.8 Å². The summed E-state index contributed by atoms with van der Waals surface area (Å²) >= 11 is 6.11. The van der Waals surface area contributed by atoms with Crippen molar-refractivity contribution in [3.63, 3.8) is 0 Å². The van der Waals surface area contributed by atoms with Gasteiger partial charge in [-0.05, 0) is 37.3 Å². The Bertz CT molecular complexity index is 907. The first-order valence-corrected chi connectivity index (χ1v) is 9.95. The second-order valence-corrected chi connectivity index (χ2v) is 8.30. The molecule has 1 N–H and O–H groups in total. The lowest BCUT2D eigenvalue weighted by Gasteiger charge is -2.26. The molecule has 26 heavy (non-hydrogen) atoms. The molecule has 1 heterocycles. The van der Waals surface area contributed by atoms with Gasteiger partial charge in [-0.2, -0.15) is 4.31 Å². The number of nitrogens with zero attached hydrogens (tertiary/aromatic N) is 1. The van der Waals surface area contributed by atoms with Gasteiger partial charge in [0.15, 0.2) is 0 Å². The van der Waals surface area contributed by atoms with E-state index in [4.69, 9.17) is 16.3 Å². The van der Waals surface area contributed by atoms with Crippen LogP contribution in [0.5, 0.6) is 0 Å². The minimum Gasteiger partial charge on any atom is -0.379 e. The monoisotopic (exact) mass is 394 g/mol. The number of hydrogen-bond acceptors (Lipinski definition) is 4. The lowest BCUT2D eigenvalue weighted by Crippen LogP contribution is -2.40. The molecule has 0 atom stereocenters. The van der Waals surface area contributed by atoms with Crippen LogP contribution in [0, 0.1) is 6.92 Å². The minimum absolute atomic E-state index is 0.0716. The summed E-state index contributed by atoms with van der Waals surface area (Å²) in [7, 11) is -3.79. The standard InChI is InChI=1S/C18H19ClN2O4S/c1-13-2-5-15(6-3-13)20-18(22)14-4-7-16(19)17(12-14)26(23,24)21-8-10-25-11-9-21/h2-7,12H,8-11H2,1H3,(H,20,22). The fourth-order valence-corrected chi connectivity index (χ4v) is 4.52. The van der Waals surface area contributed by atoms with Crippen molar-refractivity contribution in [1.82, 2.24) is 4.31 Å². The molecular formula is C18H19ClN2O4S. The van der Waals surface area contributed by atoms with Crippen molar-refractivity contribution in [2.75, 3.05) is 31.6 Å². The van der Waals surface area contributed by atoms with E-state index in [1.54, 1.807) is 12.1 Å². The number of rotatable bonds is 4. The molecule has 1 amide bonds. The molecule has 3 rings (SSSR count). The molecule has 1 fully saturated rings. The van der Waals surface area contributed by atoms with Crippen LogP contribution in [-0.4, -0.2) is 44.9 Å². The first-order chi connectivity index (χ1) is 12.4. The quantitative estimate of drug-likeness (QED) is 0.865. The van der Waals surface area contributed by atoms with Crippen LogP contribution in [-0.2, 0) is 14.8 Å². The molecule has 0 spiro atoms. The van der Waals surface area contributed by atoms with Gasteiger partial charge in [-0.25, -0.2) is 8.42 Å². The number of aryl methyl sites for hydroxylation is 1. The molecule has 2 aromatic carbocycles. The zero-order valence-corrected chi connectivity index (χ0v) is 15.8. The minimum atomic E-state index is -3.79. The predicted octanol–water partition coefficient (Wildman–Crippen LogP) is 2.92. The molecule has 6 nitrogen and oxygen atoms in total. The van der Waals surface area contributed by atoms with Gasteiger partial charge in [0.05, 0.1) is 18.2 Å². The number of halogens is 1. The Balaban J connectivity index is 1.87. The Morgan fingerprint density at radius 2 is 1.77 bits per heavy atom. The summed E-state index contributed by atoms with van der Waals surface area (Å²) in [5.74, 6) is -0.399. The fourth-order valence-electron chi connectivity index (χ4n) is 2.61. The molecule has 138 valence electrons. The Hall–Kier alpha value is -1.93. The number of carbonyl (C=O) groups is 1. The van der Waals surface area contributed by atoms with E-state index in [1.165, 1.54) is 22.5 Å². The summed E-state index contributed by atoms with van der Waals surface area (Å²) in [5.41, 5.74) is 1.93. The van der Waals surface area contributed by atoms with Gasteiger partial charge >= 0.3 is 0 Å². The van der Waals surface area contributed by atoms with E-state index in [9.17, 15) is 13.2 Å². The summed E-state index contributed by atoms with van der Waals surface area (Å²) < 4.78 is 32.2. The Labute approximate surface area is 157 Å². The van der Waals surface area contributed by atoms with Crippen LogP contribution in [0.2, 0.25) is 5.02 Å². The highest BCUT2D eigenvalue weighted by molar-refractivity contribution is 7.89. The molecule has 1 aliphatic rings. The third-order valence-corrected chi connectivity index (χ3v) is 6.47. The molecule has 0 radical (unpaired) electrons. The zero-order valence-electron chi connectivity index (χ0n) is 14.2. The maximum Gasteiger partial charge on any atom is 0.255 e. The van der Waals surface area contributed by atoms with E-state index in [0.29, 0.717) is 18.9 Å². The zero-order chi connectivity index (χ0) is 18.7. The SMILES string of the molecule is Cc1ccc(NC(=O)c2ccc(Cl)c(S(=O)(=O)N3CCOCC3)c2)cc1. The molecule has 0 aliphatic carbocycles. The van der Waals surface area contributed by atoms with E-state index >= 15 is 0 Å². The van der Waals surface area contributed by atoms with Crippen LogP contribution < -0.4 is 5.32 Å². The number of morpholine rings is 1. The third kappa shape index (κ3) is 4.07. The van der Waals surface area contributed by atoms with Crippen LogP contribution in [0.25, 0.3) is 0 Å². The van der Waals surface area contributed by atoms with Crippen molar-refractivity contribution in [1.29, 1.82) is 0 Å². The van der Waals surface area contributed by atoms with Gasteiger partial charge in [0.25, 0.3) is 5.91 Å². The second-order valence-electron chi connectivity index (χ2n) is 5.98. The van der Waals surface area contributed by atoms with Crippen LogP contribution in [0.3, 0.4) is 0 Å². The van der Waals surface area contributed by atoms with Gasteiger partial charge in [-0.1, -0.05) is 29.3 Å². The number of benzene rings is 2. The number of ether oxygens (including phenoxy) is 1. The average molecular weight is 395 g/mol. The molecule has 0 unspecified atom stereocenters. The molecule has 0 bridgehead atoms. The number of nitrogens with one attached hydrogen (secondary N) is 1. The van der Waals surface area contributed by atoms with E-state index in [2.05, 4.69) is 5.32 Å². The number of amides is 1. The lowest BCUT2D eigenvalue weighted by molar-refractivity contribution is 0.0730.